The van der Waals surface area contributed by atoms with E-state index < -0.39 is 65.5 Å². The van der Waals surface area contributed by atoms with Crippen molar-refractivity contribution in [2.75, 3.05) is 13.2 Å². The smallest absolute Gasteiger partial charge is 0.465 e. The fourth-order valence-electron chi connectivity index (χ4n) is 2.66. The van der Waals surface area contributed by atoms with Gasteiger partial charge in [-0.05, 0) is 0 Å². The lowest BCUT2D eigenvalue weighted by Gasteiger charge is -2.21. The molecule has 17 nitrogen and oxygen atoms in total. The molecule has 0 bridgehead atoms. The number of H-pyrrole nitrogens is 1. The maximum Gasteiger partial charge on any atom is 0.490 e. The Hall–Kier alpha value is -1.48. The molecule has 1 saturated heterocycles. The number of phosphoric acid groups is 3. The number of hydrogen-bond acceptors (Lipinski definition) is 11. The van der Waals surface area contributed by atoms with Crippen molar-refractivity contribution in [2.45, 2.75) is 25.7 Å². The van der Waals surface area contributed by atoms with Crippen LogP contribution in [0.3, 0.4) is 0 Å². The van der Waals surface area contributed by atoms with Crippen LogP contribution in [-0.2, 0) is 41.1 Å². The summed E-state index contributed by atoms with van der Waals surface area (Å²) in [6, 6.07) is 1.05. The number of nitrogens with one attached hydrogen (secondary N) is 1. The number of carbonyl (C=O) groups excluding carboxylic acids is 1. The van der Waals surface area contributed by atoms with Crippen LogP contribution in [0.4, 0.5) is 0 Å². The molecule has 0 radical (unpaired) electrons. The summed E-state index contributed by atoms with van der Waals surface area (Å²) < 4.78 is 57.2. The second-order valence-corrected chi connectivity index (χ2v) is 10.8. The van der Waals surface area contributed by atoms with Crippen LogP contribution in [0.5, 0.6) is 0 Å². The van der Waals surface area contributed by atoms with E-state index in [1.54, 1.807) is 0 Å². The molecule has 1 aromatic heterocycles. The van der Waals surface area contributed by atoms with Gasteiger partial charge in [-0.3, -0.25) is 23.7 Å². The van der Waals surface area contributed by atoms with Gasteiger partial charge in [0.25, 0.3) is 5.56 Å². The number of rotatable bonds is 10. The Morgan fingerprint density at radius 3 is 2.38 bits per heavy atom. The van der Waals surface area contributed by atoms with Crippen LogP contribution < -0.4 is 11.2 Å². The summed E-state index contributed by atoms with van der Waals surface area (Å²) in [6.07, 6.45) is -0.958. The highest BCUT2D eigenvalue weighted by Gasteiger charge is 2.43. The zero-order chi connectivity index (χ0) is 24.3. The van der Waals surface area contributed by atoms with Crippen molar-refractivity contribution in [2.24, 2.45) is 5.92 Å². The molecule has 1 aliphatic rings. The molecular weight excluding hydrogens is 505 g/mol. The Morgan fingerprint density at radius 1 is 1.16 bits per heavy atom. The highest BCUT2D eigenvalue weighted by molar-refractivity contribution is 7.66. The molecule has 20 heteroatoms. The summed E-state index contributed by atoms with van der Waals surface area (Å²) in [5, 5.41) is 0. The van der Waals surface area contributed by atoms with E-state index in [2.05, 4.69) is 13.1 Å². The average molecular weight is 524 g/mol. The lowest BCUT2D eigenvalue weighted by molar-refractivity contribution is -0.143. The number of phosphoric ester groups is 1. The van der Waals surface area contributed by atoms with Crippen LogP contribution in [0.15, 0.2) is 21.9 Å². The molecular formula is C12H19N2O15P3. The SMILES string of the molecule is CC(=O)OC[C@H]1C[C@H](n2ccc(=O)[nH]c2=O)O[C@@H]1COP(=O)(O)OP(=O)(O)OP(=O)(O)O. The lowest BCUT2D eigenvalue weighted by Crippen LogP contribution is -2.31. The first-order valence-corrected chi connectivity index (χ1v) is 13.0. The van der Waals surface area contributed by atoms with Gasteiger partial charge in [-0.25, -0.2) is 18.5 Å². The Balaban J connectivity index is 2.12. The monoisotopic (exact) mass is 524 g/mol. The lowest BCUT2D eigenvalue weighted by atomic mass is 10.0. The summed E-state index contributed by atoms with van der Waals surface area (Å²) in [6.45, 7) is 0.0688. The molecule has 1 fully saturated rings. The summed E-state index contributed by atoms with van der Waals surface area (Å²) in [5.41, 5.74) is -1.48. The molecule has 2 heterocycles. The largest absolute Gasteiger partial charge is 0.490 e. The van der Waals surface area contributed by atoms with Crippen molar-refractivity contribution in [3.8, 4) is 0 Å². The van der Waals surface area contributed by atoms with Gasteiger partial charge in [0.15, 0.2) is 0 Å². The minimum absolute atomic E-state index is 0.0314. The van der Waals surface area contributed by atoms with Crippen molar-refractivity contribution >= 4 is 29.4 Å². The summed E-state index contributed by atoms with van der Waals surface area (Å²) in [5.74, 6) is -1.35. The highest BCUT2D eigenvalue weighted by Crippen LogP contribution is 2.66. The number of carbonyl (C=O) groups is 1. The molecule has 0 aliphatic carbocycles. The first-order valence-electron chi connectivity index (χ1n) is 8.45. The van der Waals surface area contributed by atoms with Crippen molar-refractivity contribution in [3.63, 3.8) is 0 Å². The Kier molecular flexibility index (Phi) is 8.53. The van der Waals surface area contributed by atoms with Gasteiger partial charge in [-0.15, -0.1) is 0 Å². The summed E-state index contributed by atoms with van der Waals surface area (Å²) >= 11 is 0. The molecule has 2 unspecified atom stereocenters. The minimum Gasteiger partial charge on any atom is -0.465 e. The van der Waals surface area contributed by atoms with Gasteiger partial charge in [-0.1, -0.05) is 0 Å². The van der Waals surface area contributed by atoms with E-state index in [9.17, 15) is 33.0 Å². The Morgan fingerprint density at radius 2 is 1.81 bits per heavy atom. The van der Waals surface area contributed by atoms with Crippen molar-refractivity contribution in [3.05, 3.63) is 33.1 Å². The van der Waals surface area contributed by atoms with Gasteiger partial charge in [-0.2, -0.15) is 8.62 Å². The Labute approximate surface area is 178 Å². The molecule has 0 spiro atoms. The number of esters is 1. The summed E-state index contributed by atoms with van der Waals surface area (Å²) in [7, 11) is -16.7. The van der Waals surface area contributed by atoms with Gasteiger partial charge in [0, 0.05) is 31.5 Å². The van der Waals surface area contributed by atoms with Crippen molar-refractivity contribution in [1.29, 1.82) is 0 Å². The molecule has 5 N–H and O–H groups in total. The highest BCUT2D eigenvalue weighted by atomic mass is 31.3. The number of nitrogens with zero attached hydrogens (tertiary/aromatic N) is 1. The molecule has 0 saturated carbocycles. The van der Waals surface area contributed by atoms with E-state index in [0.29, 0.717) is 0 Å². The first-order chi connectivity index (χ1) is 14.6. The summed E-state index contributed by atoms with van der Waals surface area (Å²) in [4.78, 5) is 72.1. The van der Waals surface area contributed by atoms with Gasteiger partial charge >= 0.3 is 35.1 Å². The predicted octanol–water partition coefficient (Wildman–Crippen LogP) is -0.653. The molecule has 0 aromatic carbocycles. The van der Waals surface area contributed by atoms with Crippen LogP contribution in [-0.4, -0.2) is 54.4 Å². The molecule has 182 valence electrons. The number of hydrogen-bond donors (Lipinski definition) is 5. The van der Waals surface area contributed by atoms with Crippen LogP contribution in [0, 0.1) is 5.92 Å². The number of aromatic amines is 1. The van der Waals surface area contributed by atoms with E-state index in [0.717, 1.165) is 23.8 Å². The zero-order valence-corrected chi connectivity index (χ0v) is 18.8. The molecule has 1 aromatic rings. The molecule has 2 rings (SSSR count). The average Bonchev–Trinajstić information content (AvgIpc) is 2.98. The van der Waals surface area contributed by atoms with Crippen LogP contribution in [0.2, 0.25) is 0 Å². The topological polar surface area (TPSA) is 250 Å². The van der Waals surface area contributed by atoms with E-state index in [-0.39, 0.29) is 13.0 Å². The third kappa shape index (κ3) is 8.46. The van der Waals surface area contributed by atoms with Gasteiger partial charge in [0.2, 0.25) is 0 Å². The van der Waals surface area contributed by atoms with Crippen molar-refractivity contribution in [1.82, 2.24) is 9.55 Å². The molecule has 32 heavy (non-hydrogen) atoms. The fourth-order valence-corrected chi connectivity index (χ4v) is 5.69. The predicted molar refractivity (Wildman–Crippen MR) is 99.8 cm³/mol. The molecule has 1 aliphatic heterocycles. The second-order valence-electron chi connectivity index (χ2n) is 6.33. The van der Waals surface area contributed by atoms with E-state index in [1.807, 2.05) is 4.98 Å². The molecule has 0 amide bonds. The Bertz CT molecular complexity index is 1090. The quantitative estimate of drug-likeness (QED) is 0.188. The first kappa shape index (κ1) is 26.8. The third-order valence-electron chi connectivity index (χ3n) is 3.84. The fraction of sp³-hybridized carbons (Fsp3) is 0.583. The second kappa shape index (κ2) is 10.2. The minimum atomic E-state index is -5.70. The van der Waals surface area contributed by atoms with Gasteiger partial charge in [0.05, 0.1) is 19.3 Å². The van der Waals surface area contributed by atoms with Crippen LogP contribution in [0.25, 0.3) is 0 Å². The maximum atomic E-state index is 12.0. The third-order valence-corrected chi connectivity index (χ3v) is 7.64. The number of ether oxygens (including phenoxy) is 2. The van der Waals surface area contributed by atoms with E-state index in [4.69, 9.17) is 24.2 Å². The maximum absolute atomic E-state index is 12.0. The normalized spacial score (nSPS) is 25.1. The van der Waals surface area contributed by atoms with Gasteiger partial charge in [0.1, 0.15) is 6.23 Å². The zero-order valence-electron chi connectivity index (χ0n) is 16.1. The standard InChI is InChI=1S/C12H19N2O15P3/c1-7(15)25-5-8-4-11(14-3-2-10(16)13-12(14)17)27-9(8)6-26-31(21,22)29-32(23,24)28-30(18,19)20/h2-3,8-9,11H,4-6H2,1H3,(H,21,22)(H,23,24)(H,13,16,17)(H2,18,19,20)/t8-,9-,11-/m1/s1. The van der Waals surface area contributed by atoms with E-state index >= 15 is 0 Å². The van der Waals surface area contributed by atoms with E-state index in [1.165, 1.54) is 0 Å². The van der Waals surface area contributed by atoms with Crippen LogP contribution in [0.1, 0.15) is 19.6 Å². The van der Waals surface area contributed by atoms with Crippen molar-refractivity contribution < 1.29 is 60.7 Å². The van der Waals surface area contributed by atoms with Crippen LogP contribution >= 0.6 is 23.5 Å². The number of aromatic nitrogens is 2. The van der Waals surface area contributed by atoms with Gasteiger partial charge < -0.3 is 29.0 Å². The molecule has 5 atom stereocenters.